The molecule has 3 rings (SSSR count). The summed E-state index contributed by atoms with van der Waals surface area (Å²) in [5, 5.41) is 0. The number of hydrogen-bond acceptors (Lipinski definition) is 4. The van der Waals surface area contributed by atoms with Crippen LogP contribution >= 0.6 is 0 Å². The van der Waals surface area contributed by atoms with Crippen LogP contribution in [0.3, 0.4) is 0 Å². The fourth-order valence-corrected chi connectivity index (χ4v) is 2.42. The van der Waals surface area contributed by atoms with E-state index < -0.39 is 11.8 Å². The molecule has 5 heteroatoms. The van der Waals surface area contributed by atoms with Crippen LogP contribution in [0.25, 0.3) is 6.08 Å². The quantitative estimate of drug-likeness (QED) is 0.621. The molecule has 0 unspecified atom stereocenters. The fraction of sp³-hybridized carbons (Fsp3) is 0.158. The molecular weight excluding hydrogens is 309 g/mol. The molecule has 2 aromatic carbocycles. The molecule has 0 atom stereocenters. The molecule has 0 saturated heterocycles. The van der Waals surface area contributed by atoms with Crippen molar-refractivity contribution >= 4 is 17.9 Å². The van der Waals surface area contributed by atoms with Crippen molar-refractivity contribution in [1.82, 2.24) is 0 Å². The second kappa shape index (κ2) is 7.08. The van der Waals surface area contributed by atoms with E-state index in [4.69, 9.17) is 9.47 Å². The molecule has 0 aliphatic carbocycles. The van der Waals surface area contributed by atoms with Gasteiger partial charge in [0.25, 0.3) is 0 Å². The number of ether oxygens (including phenoxy) is 2. The van der Waals surface area contributed by atoms with E-state index in [0.29, 0.717) is 23.6 Å². The highest BCUT2D eigenvalue weighted by molar-refractivity contribution is 6.07. The highest BCUT2D eigenvalue weighted by Crippen LogP contribution is 2.25. The van der Waals surface area contributed by atoms with Gasteiger partial charge in [0.05, 0.1) is 7.11 Å². The van der Waals surface area contributed by atoms with Gasteiger partial charge < -0.3 is 9.47 Å². The van der Waals surface area contributed by atoms with E-state index in [1.165, 1.54) is 31.4 Å². The minimum Gasteiger partial charge on any atom is -0.496 e. The third-order valence-corrected chi connectivity index (χ3v) is 3.62. The zero-order valence-corrected chi connectivity index (χ0v) is 13.2. The van der Waals surface area contributed by atoms with Gasteiger partial charge in [0.2, 0.25) is 0 Å². The van der Waals surface area contributed by atoms with Crippen LogP contribution in [0.1, 0.15) is 17.5 Å². The zero-order chi connectivity index (χ0) is 16.9. The molecule has 0 spiro atoms. The van der Waals surface area contributed by atoms with E-state index >= 15 is 0 Å². The van der Waals surface area contributed by atoms with E-state index in [0.717, 1.165) is 12.0 Å². The van der Waals surface area contributed by atoms with E-state index in [9.17, 15) is 9.18 Å². The predicted molar refractivity (Wildman–Crippen MR) is 89.2 cm³/mol. The number of carbonyl (C=O) groups excluding carboxylic acids is 1. The van der Waals surface area contributed by atoms with E-state index in [2.05, 4.69) is 4.99 Å². The van der Waals surface area contributed by atoms with Crippen molar-refractivity contribution in [2.45, 2.75) is 12.8 Å². The second-order valence-electron chi connectivity index (χ2n) is 5.30. The molecule has 0 bridgehead atoms. The van der Waals surface area contributed by atoms with E-state index in [-0.39, 0.29) is 5.70 Å². The van der Waals surface area contributed by atoms with Crippen LogP contribution in [-0.4, -0.2) is 19.0 Å². The van der Waals surface area contributed by atoms with Crippen molar-refractivity contribution < 1.29 is 18.7 Å². The van der Waals surface area contributed by atoms with Crippen molar-refractivity contribution in [3.8, 4) is 5.75 Å². The number of aliphatic imine (C=N–C) groups is 1. The van der Waals surface area contributed by atoms with Gasteiger partial charge in [-0.1, -0.05) is 30.3 Å². The van der Waals surface area contributed by atoms with Crippen molar-refractivity contribution in [2.75, 3.05) is 7.11 Å². The molecule has 4 nitrogen and oxygen atoms in total. The Bertz CT molecular complexity index is 813. The molecule has 1 aliphatic heterocycles. The van der Waals surface area contributed by atoms with Crippen LogP contribution in [0.4, 0.5) is 4.39 Å². The molecule has 122 valence electrons. The monoisotopic (exact) mass is 325 g/mol. The molecule has 0 radical (unpaired) electrons. The summed E-state index contributed by atoms with van der Waals surface area (Å²) >= 11 is 0. The Balaban J connectivity index is 1.78. The lowest BCUT2D eigenvalue weighted by atomic mass is 10.1. The molecule has 2 aromatic rings. The molecule has 24 heavy (non-hydrogen) atoms. The topological polar surface area (TPSA) is 47.9 Å². The number of halogens is 1. The maximum Gasteiger partial charge on any atom is 0.363 e. The summed E-state index contributed by atoms with van der Waals surface area (Å²) in [7, 11) is 1.48. The number of methoxy groups -OCH3 is 1. The lowest BCUT2D eigenvalue weighted by Gasteiger charge is -2.04. The fourth-order valence-electron chi connectivity index (χ4n) is 2.42. The zero-order valence-electron chi connectivity index (χ0n) is 13.2. The minimum atomic E-state index is -0.538. The number of aryl methyl sites for hydroxylation is 1. The van der Waals surface area contributed by atoms with Crippen molar-refractivity contribution in [2.24, 2.45) is 4.99 Å². The molecule has 0 aromatic heterocycles. The normalized spacial score (nSPS) is 15.3. The van der Waals surface area contributed by atoms with E-state index in [1.807, 2.05) is 30.3 Å². The molecule has 1 aliphatic rings. The number of hydrogen-bond donors (Lipinski definition) is 0. The predicted octanol–water partition coefficient (Wildman–Crippen LogP) is 3.76. The number of benzene rings is 2. The summed E-state index contributed by atoms with van der Waals surface area (Å²) in [5.41, 5.74) is 1.72. The molecular formula is C19H16FNO3. The highest BCUT2D eigenvalue weighted by Gasteiger charge is 2.23. The lowest BCUT2D eigenvalue weighted by Crippen LogP contribution is -2.05. The number of cyclic esters (lactones) is 1. The number of carbonyl (C=O) groups is 1. The average molecular weight is 325 g/mol. The Morgan fingerprint density at radius 1 is 1.17 bits per heavy atom. The molecule has 0 fully saturated rings. The number of esters is 1. The first kappa shape index (κ1) is 15.9. The molecule has 0 N–H and O–H groups in total. The summed E-state index contributed by atoms with van der Waals surface area (Å²) < 4.78 is 23.7. The lowest BCUT2D eigenvalue weighted by molar-refractivity contribution is -0.130. The molecule has 0 saturated carbocycles. The third kappa shape index (κ3) is 3.68. The first-order chi connectivity index (χ1) is 11.7. The summed E-state index contributed by atoms with van der Waals surface area (Å²) in [6.45, 7) is 0. The largest absolute Gasteiger partial charge is 0.496 e. The maximum atomic E-state index is 13.4. The van der Waals surface area contributed by atoms with Gasteiger partial charge in [0, 0.05) is 12.0 Å². The maximum absolute atomic E-state index is 13.4. The Morgan fingerprint density at radius 2 is 1.96 bits per heavy atom. The van der Waals surface area contributed by atoms with Gasteiger partial charge in [-0.3, -0.25) is 0 Å². The highest BCUT2D eigenvalue weighted by atomic mass is 19.1. The van der Waals surface area contributed by atoms with Crippen molar-refractivity contribution in [3.63, 3.8) is 0 Å². The SMILES string of the molecule is COc1ccc(F)cc1/C=C1/N=C(CCc2ccccc2)OC1=O. The Labute approximate surface area is 139 Å². The van der Waals surface area contributed by atoms with Crippen LogP contribution in [0.5, 0.6) is 5.75 Å². The van der Waals surface area contributed by atoms with Crippen LogP contribution < -0.4 is 4.74 Å². The average Bonchev–Trinajstić information content (AvgIpc) is 2.94. The molecule has 1 heterocycles. The Morgan fingerprint density at radius 3 is 2.71 bits per heavy atom. The van der Waals surface area contributed by atoms with Crippen molar-refractivity contribution in [1.29, 1.82) is 0 Å². The summed E-state index contributed by atoms with van der Waals surface area (Å²) in [6.07, 6.45) is 2.72. The van der Waals surface area contributed by atoms with Gasteiger partial charge >= 0.3 is 5.97 Å². The van der Waals surface area contributed by atoms with Gasteiger partial charge in [0.1, 0.15) is 11.6 Å². The third-order valence-electron chi connectivity index (χ3n) is 3.62. The summed E-state index contributed by atoms with van der Waals surface area (Å²) in [6, 6.07) is 14.0. The second-order valence-corrected chi connectivity index (χ2v) is 5.30. The van der Waals surface area contributed by atoms with Gasteiger partial charge in [0.15, 0.2) is 11.6 Å². The Kier molecular flexibility index (Phi) is 4.70. The van der Waals surface area contributed by atoms with E-state index in [1.54, 1.807) is 0 Å². The van der Waals surface area contributed by atoms with Gasteiger partial charge in [-0.15, -0.1) is 0 Å². The van der Waals surface area contributed by atoms with Crippen molar-refractivity contribution in [3.05, 3.63) is 71.2 Å². The Hall–Kier alpha value is -2.95. The van der Waals surface area contributed by atoms with Crippen LogP contribution in [0.2, 0.25) is 0 Å². The number of rotatable bonds is 5. The summed E-state index contributed by atoms with van der Waals surface area (Å²) in [4.78, 5) is 16.2. The smallest absolute Gasteiger partial charge is 0.363 e. The van der Waals surface area contributed by atoms with Gasteiger partial charge in [-0.05, 0) is 36.3 Å². The van der Waals surface area contributed by atoms with Gasteiger partial charge in [-0.25, -0.2) is 14.2 Å². The standard InChI is InChI=1S/C19H16FNO3/c1-23-17-9-8-15(20)11-14(17)12-16-19(22)24-18(21-16)10-7-13-5-3-2-4-6-13/h2-6,8-9,11-12H,7,10H2,1H3/b16-12+. The van der Waals surface area contributed by atoms with Crippen LogP contribution in [0.15, 0.2) is 59.2 Å². The van der Waals surface area contributed by atoms with Gasteiger partial charge in [-0.2, -0.15) is 0 Å². The molecule has 0 amide bonds. The van der Waals surface area contributed by atoms with Crippen LogP contribution in [-0.2, 0) is 16.0 Å². The minimum absolute atomic E-state index is 0.141. The first-order valence-corrected chi connectivity index (χ1v) is 7.54. The number of nitrogens with zero attached hydrogens (tertiary/aromatic N) is 1. The van der Waals surface area contributed by atoms with Crippen LogP contribution in [0, 0.1) is 5.82 Å². The summed E-state index contributed by atoms with van der Waals surface area (Å²) in [5.74, 6) is -0.123. The first-order valence-electron chi connectivity index (χ1n) is 7.54.